The van der Waals surface area contributed by atoms with Crippen LogP contribution < -0.4 is 10.2 Å². The van der Waals surface area contributed by atoms with Crippen LogP contribution in [0, 0.1) is 0 Å². The monoisotopic (exact) mass is 343 g/mol. The lowest BCUT2D eigenvalue weighted by Crippen LogP contribution is -2.28. The predicted octanol–water partition coefficient (Wildman–Crippen LogP) is 3.54. The topological polar surface area (TPSA) is 53.9 Å². The van der Waals surface area contributed by atoms with E-state index >= 15 is 0 Å². The molecule has 0 aliphatic carbocycles. The van der Waals surface area contributed by atoms with Crippen LogP contribution in [0.25, 0.3) is 0 Å². The third-order valence-electron chi connectivity index (χ3n) is 3.77. The fourth-order valence-electron chi connectivity index (χ4n) is 2.49. The maximum absolute atomic E-state index is 12.4. The molecule has 3 rings (SSSR count). The van der Waals surface area contributed by atoms with E-state index in [1.807, 2.05) is 61.5 Å². The number of carbonyl (C=O) groups excluding carboxylic acids is 1. The third-order valence-corrected chi connectivity index (χ3v) is 4.07. The molecule has 2 aromatic carbocycles. The fourth-order valence-corrected chi connectivity index (χ4v) is 2.84. The molecule has 1 unspecified atom stereocenters. The molecule has 1 aliphatic rings. The Hall–Kier alpha value is -2.53. The van der Waals surface area contributed by atoms with Gasteiger partial charge in [0.15, 0.2) is 0 Å². The molecule has 1 heterocycles. The van der Waals surface area contributed by atoms with E-state index in [1.54, 1.807) is 6.07 Å². The Balaban J connectivity index is 1.64. The summed E-state index contributed by atoms with van der Waals surface area (Å²) in [5.74, 6) is -0.238. The first-order chi connectivity index (χ1) is 11.5. The number of benzene rings is 2. The van der Waals surface area contributed by atoms with Crippen LogP contribution in [-0.4, -0.2) is 31.8 Å². The van der Waals surface area contributed by atoms with Crippen molar-refractivity contribution < 1.29 is 9.63 Å². The maximum atomic E-state index is 12.4. The second-order valence-electron chi connectivity index (χ2n) is 5.75. The zero-order valence-electron chi connectivity index (χ0n) is 13.5. The van der Waals surface area contributed by atoms with Crippen LogP contribution in [-0.2, 0) is 9.63 Å². The van der Waals surface area contributed by atoms with E-state index in [4.69, 9.17) is 16.4 Å². The van der Waals surface area contributed by atoms with Gasteiger partial charge in [-0.15, -0.1) is 0 Å². The number of hydrogen-bond donors (Lipinski definition) is 1. The number of nitrogens with zero attached hydrogens (tertiary/aromatic N) is 2. The lowest BCUT2D eigenvalue weighted by molar-refractivity contribution is -0.125. The van der Waals surface area contributed by atoms with E-state index in [-0.39, 0.29) is 5.91 Å². The molecule has 0 radical (unpaired) electrons. The van der Waals surface area contributed by atoms with Gasteiger partial charge < -0.3 is 15.1 Å². The second kappa shape index (κ2) is 6.93. The molecule has 1 aliphatic heterocycles. The molecule has 124 valence electrons. The second-order valence-corrected chi connectivity index (χ2v) is 6.16. The highest BCUT2D eigenvalue weighted by Crippen LogP contribution is 2.28. The van der Waals surface area contributed by atoms with Gasteiger partial charge >= 0.3 is 0 Å². The van der Waals surface area contributed by atoms with E-state index in [0.29, 0.717) is 17.1 Å². The summed E-state index contributed by atoms with van der Waals surface area (Å²) in [6.07, 6.45) is -0.188. The first-order valence-corrected chi connectivity index (χ1v) is 7.98. The summed E-state index contributed by atoms with van der Waals surface area (Å²) in [6.45, 7) is 0. The van der Waals surface area contributed by atoms with Gasteiger partial charge in [0.25, 0.3) is 5.91 Å². The predicted molar refractivity (Wildman–Crippen MR) is 96.9 cm³/mol. The molecule has 5 nitrogen and oxygen atoms in total. The van der Waals surface area contributed by atoms with E-state index in [1.165, 1.54) is 0 Å². The van der Waals surface area contributed by atoms with Gasteiger partial charge in [-0.2, -0.15) is 0 Å². The first-order valence-electron chi connectivity index (χ1n) is 7.60. The van der Waals surface area contributed by atoms with Crippen molar-refractivity contribution in [3.8, 4) is 0 Å². The minimum atomic E-state index is -0.632. The molecule has 24 heavy (non-hydrogen) atoms. The average Bonchev–Trinajstić information content (AvgIpc) is 3.05. The summed E-state index contributed by atoms with van der Waals surface area (Å²) >= 11 is 6.22. The van der Waals surface area contributed by atoms with Crippen LogP contribution in [0.3, 0.4) is 0 Å². The van der Waals surface area contributed by atoms with Crippen LogP contribution >= 0.6 is 11.6 Å². The highest BCUT2D eigenvalue weighted by atomic mass is 35.5. The number of amides is 1. The van der Waals surface area contributed by atoms with Crippen molar-refractivity contribution in [2.24, 2.45) is 5.16 Å². The number of anilines is 2. The molecular formula is C18H18ClN3O2. The van der Waals surface area contributed by atoms with Gasteiger partial charge in [-0.3, -0.25) is 4.79 Å². The first kappa shape index (κ1) is 16.3. The summed E-state index contributed by atoms with van der Waals surface area (Å²) in [4.78, 5) is 19.6. The minimum Gasteiger partial charge on any atom is -0.382 e. The summed E-state index contributed by atoms with van der Waals surface area (Å²) in [7, 11) is 3.82. The van der Waals surface area contributed by atoms with E-state index in [2.05, 4.69) is 10.5 Å². The van der Waals surface area contributed by atoms with Gasteiger partial charge in [0.2, 0.25) is 6.10 Å². The highest BCUT2D eigenvalue weighted by Gasteiger charge is 2.28. The van der Waals surface area contributed by atoms with Gasteiger partial charge in [-0.1, -0.05) is 47.1 Å². The fraction of sp³-hybridized carbons (Fsp3) is 0.222. The Morgan fingerprint density at radius 3 is 2.67 bits per heavy atom. The smallest absolute Gasteiger partial charge is 0.268 e. The Kier molecular flexibility index (Phi) is 4.71. The molecule has 0 spiro atoms. The SMILES string of the molecule is CN(C)c1ccc(NC(=O)C2CC(c3ccccc3)=NO2)cc1Cl. The summed E-state index contributed by atoms with van der Waals surface area (Å²) in [5.41, 5.74) is 3.26. The van der Waals surface area contributed by atoms with Gasteiger partial charge in [0.1, 0.15) is 0 Å². The van der Waals surface area contributed by atoms with Gasteiger partial charge in [0, 0.05) is 26.2 Å². The van der Waals surface area contributed by atoms with Gasteiger partial charge in [0.05, 0.1) is 16.4 Å². The van der Waals surface area contributed by atoms with Crippen LogP contribution in [0.1, 0.15) is 12.0 Å². The van der Waals surface area contributed by atoms with Gasteiger partial charge in [-0.25, -0.2) is 0 Å². The quantitative estimate of drug-likeness (QED) is 0.923. The number of nitrogens with one attached hydrogen (secondary N) is 1. The number of hydrogen-bond acceptors (Lipinski definition) is 4. The van der Waals surface area contributed by atoms with Crippen molar-refractivity contribution in [2.75, 3.05) is 24.3 Å². The standard InChI is InChI=1S/C18H18ClN3O2/c1-22(2)16-9-8-13(10-14(16)19)20-18(23)17-11-15(21-24-17)12-6-4-3-5-7-12/h3-10,17H,11H2,1-2H3,(H,20,23). The minimum absolute atomic E-state index is 0.238. The molecule has 2 aromatic rings. The Morgan fingerprint density at radius 1 is 1.25 bits per heavy atom. The van der Waals surface area contributed by atoms with Crippen LogP contribution in [0.2, 0.25) is 5.02 Å². The Labute approximate surface area is 145 Å². The van der Waals surface area contributed by atoms with Crippen LogP contribution in [0.5, 0.6) is 0 Å². The summed E-state index contributed by atoms with van der Waals surface area (Å²) in [6, 6.07) is 15.1. The molecule has 1 amide bonds. The molecule has 0 bridgehead atoms. The summed E-state index contributed by atoms with van der Waals surface area (Å²) < 4.78 is 0. The molecule has 1 atom stereocenters. The molecule has 0 fully saturated rings. The van der Waals surface area contributed by atoms with E-state index < -0.39 is 6.10 Å². The van der Waals surface area contributed by atoms with Crippen molar-refractivity contribution >= 4 is 34.6 Å². The van der Waals surface area contributed by atoms with Crippen LogP contribution in [0.15, 0.2) is 53.7 Å². The Morgan fingerprint density at radius 2 is 2.00 bits per heavy atom. The maximum Gasteiger partial charge on any atom is 0.268 e. The lowest BCUT2D eigenvalue weighted by Gasteiger charge is -2.16. The molecule has 1 N–H and O–H groups in total. The largest absolute Gasteiger partial charge is 0.382 e. The number of halogens is 1. The lowest BCUT2D eigenvalue weighted by atomic mass is 10.0. The molecule has 0 saturated heterocycles. The highest BCUT2D eigenvalue weighted by molar-refractivity contribution is 6.33. The molecule has 0 saturated carbocycles. The molecule has 0 aromatic heterocycles. The van der Waals surface area contributed by atoms with Crippen molar-refractivity contribution in [1.82, 2.24) is 0 Å². The molecule has 6 heteroatoms. The average molecular weight is 344 g/mol. The zero-order chi connectivity index (χ0) is 17.1. The zero-order valence-corrected chi connectivity index (χ0v) is 14.2. The van der Waals surface area contributed by atoms with Crippen molar-refractivity contribution in [1.29, 1.82) is 0 Å². The third kappa shape index (κ3) is 3.51. The normalized spacial score (nSPS) is 16.3. The van der Waals surface area contributed by atoms with Crippen LogP contribution in [0.4, 0.5) is 11.4 Å². The Bertz CT molecular complexity index is 775. The van der Waals surface area contributed by atoms with Crippen molar-refractivity contribution in [3.05, 3.63) is 59.1 Å². The van der Waals surface area contributed by atoms with Gasteiger partial charge in [-0.05, 0) is 23.8 Å². The van der Waals surface area contributed by atoms with E-state index in [9.17, 15) is 4.79 Å². The number of carbonyl (C=O) groups is 1. The molecular weight excluding hydrogens is 326 g/mol. The number of rotatable bonds is 4. The van der Waals surface area contributed by atoms with E-state index in [0.717, 1.165) is 17.0 Å². The number of oxime groups is 1. The summed E-state index contributed by atoms with van der Waals surface area (Å²) in [5, 5.41) is 7.43. The van der Waals surface area contributed by atoms with Crippen molar-refractivity contribution in [3.63, 3.8) is 0 Å². The van der Waals surface area contributed by atoms with Crippen molar-refractivity contribution in [2.45, 2.75) is 12.5 Å².